The first kappa shape index (κ1) is 11.0. The molecular weight excluding hydrogens is 198 g/mol. The van der Waals surface area contributed by atoms with Crippen molar-refractivity contribution in [3.8, 4) is 0 Å². The van der Waals surface area contributed by atoms with Gasteiger partial charge in [0.25, 0.3) is 0 Å². The van der Waals surface area contributed by atoms with Crippen molar-refractivity contribution in [1.29, 1.82) is 0 Å². The summed E-state index contributed by atoms with van der Waals surface area (Å²) in [6.07, 6.45) is -1.14. The minimum absolute atomic E-state index is 0.285. The molecule has 15 heavy (non-hydrogen) atoms. The van der Waals surface area contributed by atoms with Crippen molar-refractivity contribution < 1.29 is 14.6 Å². The maximum absolute atomic E-state index is 11.2. The number of carbonyl (C=O) groups excluding carboxylic acids is 1. The summed E-state index contributed by atoms with van der Waals surface area (Å²) >= 11 is 0. The molecule has 0 aliphatic heterocycles. The molecular formula is C9H9N3O3. The molecule has 1 atom stereocenters. The summed E-state index contributed by atoms with van der Waals surface area (Å²) < 4.78 is 4.55. The Morgan fingerprint density at radius 2 is 2.13 bits per heavy atom. The molecule has 0 amide bonds. The van der Waals surface area contributed by atoms with Crippen LogP contribution in [0.2, 0.25) is 0 Å². The maximum atomic E-state index is 11.2. The number of benzene rings is 1. The molecule has 0 bridgehead atoms. The maximum Gasteiger partial charge on any atom is 0.340 e. The molecule has 1 aromatic rings. The fraction of sp³-hybridized carbons (Fsp3) is 0.222. The number of azide groups is 1. The van der Waals surface area contributed by atoms with Crippen LogP contribution < -0.4 is 0 Å². The van der Waals surface area contributed by atoms with Crippen molar-refractivity contribution in [1.82, 2.24) is 0 Å². The van der Waals surface area contributed by atoms with Crippen molar-refractivity contribution in [2.75, 3.05) is 0 Å². The third kappa shape index (κ3) is 3.30. The summed E-state index contributed by atoms with van der Waals surface area (Å²) in [7, 11) is 0. The molecule has 0 radical (unpaired) electrons. The summed E-state index contributed by atoms with van der Waals surface area (Å²) in [5.41, 5.74) is 8.84. The number of rotatable bonds is 3. The normalized spacial score (nSPS) is 11.3. The molecule has 0 heterocycles. The van der Waals surface area contributed by atoms with Crippen molar-refractivity contribution in [2.45, 2.75) is 13.2 Å². The van der Waals surface area contributed by atoms with Crippen LogP contribution in [0.5, 0.6) is 0 Å². The standard InChI is InChI=1S/C9H9N3O3/c1-6(13)15-9(14)7-2-4-8(5-3-7)11-12-10/h2-6,13H,1H3. The van der Waals surface area contributed by atoms with Gasteiger partial charge in [-0.25, -0.2) is 4.79 Å². The van der Waals surface area contributed by atoms with Gasteiger partial charge < -0.3 is 9.84 Å². The van der Waals surface area contributed by atoms with E-state index in [9.17, 15) is 4.79 Å². The number of esters is 1. The van der Waals surface area contributed by atoms with E-state index in [0.717, 1.165) is 0 Å². The zero-order valence-electron chi connectivity index (χ0n) is 7.99. The Kier molecular flexibility index (Phi) is 3.68. The molecule has 0 fully saturated rings. The minimum Gasteiger partial charge on any atom is -0.433 e. The van der Waals surface area contributed by atoms with Crippen LogP contribution in [0.25, 0.3) is 10.4 Å². The Hall–Kier alpha value is -2.04. The molecule has 1 aromatic carbocycles. The predicted molar refractivity (Wildman–Crippen MR) is 52.3 cm³/mol. The Morgan fingerprint density at radius 1 is 1.53 bits per heavy atom. The summed E-state index contributed by atoms with van der Waals surface area (Å²) in [5, 5.41) is 12.2. The van der Waals surface area contributed by atoms with Crippen molar-refractivity contribution in [2.24, 2.45) is 5.11 Å². The van der Waals surface area contributed by atoms with Crippen LogP contribution in [0.15, 0.2) is 29.4 Å². The molecule has 0 saturated heterocycles. The van der Waals surface area contributed by atoms with Gasteiger partial charge >= 0.3 is 5.97 Å². The van der Waals surface area contributed by atoms with Gasteiger partial charge in [0.05, 0.1) is 5.56 Å². The molecule has 1 unspecified atom stereocenters. The quantitative estimate of drug-likeness (QED) is 0.270. The highest BCUT2D eigenvalue weighted by Gasteiger charge is 2.08. The van der Waals surface area contributed by atoms with E-state index in [2.05, 4.69) is 14.8 Å². The molecule has 1 N–H and O–H groups in total. The highest BCUT2D eigenvalue weighted by atomic mass is 16.6. The van der Waals surface area contributed by atoms with Gasteiger partial charge in [0, 0.05) is 10.6 Å². The second-order valence-corrected chi connectivity index (χ2v) is 2.74. The fourth-order valence-electron chi connectivity index (χ4n) is 0.939. The Morgan fingerprint density at radius 3 is 2.60 bits per heavy atom. The molecule has 0 aromatic heterocycles. The predicted octanol–water partition coefficient (Wildman–Crippen LogP) is 2.12. The average Bonchev–Trinajstić information content (AvgIpc) is 2.18. The van der Waals surface area contributed by atoms with Crippen LogP contribution in [0, 0.1) is 0 Å². The van der Waals surface area contributed by atoms with E-state index in [1.165, 1.54) is 31.2 Å². The molecule has 6 nitrogen and oxygen atoms in total. The molecule has 6 heteroatoms. The van der Waals surface area contributed by atoms with Gasteiger partial charge in [0.1, 0.15) is 0 Å². The molecule has 0 aliphatic rings. The number of ether oxygens (including phenoxy) is 1. The van der Waals surface area contributed by atoms with Gasteiger partial charge in [-0.2, -0.15) is 0 Å². The first-order chi connectivity index (χ1) is 7.13. The lowest BCUT2D eigenvalue weighted by Crippen LogP contribution is -2.13. The van der Waals surface area contributed by atoms with Crippen LogP contribution in [0.4, 0.5) is 5.69 Å². The van der Waals surface area contributed by atoms with Gasteiger partial charge in [-0.15, -0.1) is 0 Å². The van der Waals surface area contributed by atoms with Gasteiger partial charge in [0.15, 0.2) is 6.29 Å². The van der Waals surface area contributed by atoms with Crippen molar-refractivity contribution in [3.05, 3.63) is 40.3 Å². The Bertz CT molecular complexity index is 394. The van der Waals surface area contributed by atoms with E-state index in [1.807, 2.05) is 0 Å². The van der Waals surface area contributed by atoms with E-state index >= 15 is 0 Å². The van der Waals surface area contributed by atoms with Gasteiger partial charge in [-0.1, -0.05) is 17.2 Å². The third-order valence-electron chi connectivity index (χ3n) is 1.54. The number of aliphatic hydroxyl groups is 1. The van der Waals surface area contributed by atoms with E-state index in [1.54, 1.807) is 0 Å². The largest absolute Gasteiger partial charge is 0.433 e. The lowest BCUT2D eigenvalue weighted by molar-refractivity contribution is -0.0523. The first-order valence-electron chi connectivity index (χ1n) is 4.17. The van der Waals surface area contributed by atoms with Crippen LogP contribution >= 0.6 is 0 Å². The smallest absolute Gasteiger partial charge is 0.340 e. The van der Waals surface area contributed by atoms with Gasteiger partial charge in [-0.3, -0.25) is 0 Å². The molecule has 1 rings (SSSR count). The fourth-order valence-corrected chi connectivity index (χ4v) is 0.939. The SMILES string of the molecule is CC(O)OC(=O)c1ccc(N=[N+]=[N-])cc1. The van der Waals surface area contributed by atoms with E-state index in [0.29, 0.717) is 5.69 Å². The van der Waals surface area contributed by atoms with Crippen molar-refractivity contribution in [3.63, 3.8) is 0 Å². The van der Waals surface area contributed by atoms with E-state index in [4.69, 9.17) is 10.6 Å². The zero-order valence-corrected chi connectivity index (χ0v) is 7.99. The minimum atomic E-state index is -1.14. The number of hydrogen-bond acceptors (Lipinski definition) is 4. The summed E-state index contributed by atoms with van der Waals surface area (Å²) in [5.74, 6) is -0.627. The third-order valence-corrected chi connectivity index (χ3v) is 1.54. The average molecular weight is 207 g/mol. The molecule has 78 valence electrons. The Labute approximate surface area is 85.7 Å². The van der Waals surface area contributed by atoms with Crippen LogP contribution in [-0.4, -0.2) is 17.4 Å². The molecule has 0 saturated carbocycles. The Balaban J connectivity index is 2.79. The monoisotopic (exact) mass is 207 g/mol. The second kappa shape index (κ2) is 4.99. The lowest BCUT2D eigenvalue weighted by Gasteiger charge is -2.06. The summed E-state index contributed by atoms with van der Waals surface area (Å²) in [6.45, 7) is 1.34. The topological polar surface area (TPSA) is 95.3 Å². The van der Waals surface area contributed by atoms with Gasteiger partial charge in [-0.05, 0) is 24.6 Å². The van der Waals surface area contributed by atoms with Crippen molar-refractivity contribution >= 4 is 11.7 Å². The number of carbonyl (C=O) groups is 1. The highest BCUT2D eigenvalue weighted by molar-refractivity contribution is 5.89. The second-order valence-electron chi connectivity index (χ2n) is 2.74. The van der Waals surface area contributed by atoms with Gasteiger partial charge in [0.2, 0.25) is 0 Å². The number of aliphatic hydroxyl groups excluding tert-OH is 1. The summed E-state index contributed by atoms with van der Waals surface area (Å²) in [6, 6.07) is 5.88. The first-order valence-corrected chi connectivity index (χ1v) is 4.17. The number of hydrogen-bond donors (Lipinski definition) is 1. The van der Waals surface area contributed by atoms with Crippen LogP contribution in [0.1, 0.15) is 17.3 Å². The van der Waals surface area contributed by atoms with Crippen LogP contribution in [0.3, 0.4) is 0 Å². The summed E-state index contributed by atoms with van der Waals surface area (Å²) in [4.78, 5) is 13.8. The molecule has 0 aliphatic carbocycles. The molecule has 0 spiro atoms. The lowest BCUT2D eigenvalue weighted by atomic mass is 10.2. The van der Waals surface area contributed by atoms with Crippen LogP contribution in [-0.2, 0) is 4.74 Å². The zero-order chi connectivity index (χ0) is 11.3. The van der Waals surface area contributed by atoms with E-state index in [-0.39, 0.29) is 5.56 Å². The highest BCUT2D eigenvalue weighted by Crippen LogP contribution is 2.13. The van der Waals surface area contributed by atoms with E-state index < -0.39 is 12.3 Å². The number of nitrogens with zero attached hydrogens (tertiary/aromatic N) is 3.